The molecule has 0 saturated heterocycles. The second-order valence-electron chi connectivity index (χ2n) is 5.57. The van der Waals surface area contributed by atoms with Gasteiger partial charge in [0.1, 0.15) is 0 Å². The molecule has 1 N–H and O–H groups in total. The molecular weight excluding hydrogens is 236 g/mol. The Morgan fingerprint density at radius 3 is 2.79 bits per heavy atom. The van der Waals surface area contributed by atoms with Crippen molar-refractivity contribution in [2.45, 2.75) is 32.2 Å². The van der Waals surface area contributed by atoms with Crippen molar-refractivity contribution < 1.29 is 4.79 Å². The van der Waals surface area contributed by atoms with Crippen LogP contribution in [0.1, 0.15) is 24.5 Å². The highest BCUT2D eigenvalue weighted by molar-refractivity contribution is 5.78. The molecule has 2 rings (SSSR count). The highest BCUT2D eigenvalue weighted by Gasteiger charge is 2.27. The number of carbonyl (C=O) groups excluding carboxylic acids is 1. The molecule has 0 aliphatic heterocycles. The fourth-order valence-electron chi connectivity index (χ4n) is 2.93. The lowest BCUT2D eigenvalue weighted by Gasteiger charge is -2.34. The van der Waals surface area contributed by atoms with Crippen molar-refractivity contribution in [3.05, 3.63) is 35.4 Å². The van der Waals surface area contributed by atoms with E-state index in [0.717, 1.165) is 25.8 Å². The summed E-state index contributed by atoms with van der Waals surface area (Å²) in [6.45, 7) is 2.73. The Morgan fingerprint density at radius 1 is 1.42 bits per heavy atom. The average molecular weight is 260 g/mol. The van der Waals surface area contributed by atoms with E-state index >= 15 is 0 Å². The van der Waals surface area contributed by atoms with Crippen LogP contribution in [0.2, 0.25) is 0 Å². The van der Waals surface area contributed by atoms with Crippen molar-refractivity contribution in [1.29, 1.82) is 0 Å². The van der Waals surface area contributed by atoms with Crippen LogP contribution in [0.25, 0.3) is 0 Å². The van der Waals surface area contributed by atoms with E-state index in [4.69, 9.17) is 0 Å². The van der Waals surface area contributed by atoms with E-state index < -0.39 is 0 Å². The lowest BCUT2D eigenvalue weighted by molar-refractivity contribution is -0.135. The number of hydrogen-bond acceptors (Lipinski definition) is 2. The number of amides is 1. The predicted molar refractivity (Wildman–Crippen MR) is 78.1 cm³/mol. The van der Waals surface area contributed by atoms with Gasteiger partial charge in [0.25, 0.3) is 0 Å². The first-order valence-corrected chi connectivity index (χ1v) is 7.11. The smallest absolute Gasteiger partial charge is 0.226 e. The van der Waals surface area contributed by atoms with Crippen LogP contribution >= 0.6 is 0 Å². The van der Waals surface area contributed by atoms with Gasteiger partial charge >= 0.3 is 0 Å². The van der Waals surface area contributed by atoms with Crippen LogP contribution in [0, 0.1) is 5.92 Å². The standard InChI is InChI=1S/C16H24N2O/c1-12(11-17-2)16(19)18(3)15-9-8-13-6-4-5-7-14(13)10-15/h4-7,12,15,17H,8-11H2,1-3H3. The Balaban J connectivity index is 2.02. The molecule has 1 aromatic carbocycles. The summed E-state index contributed by atoms with van der Waals surface area (Å²) in [5.41, 5.74) is 2.85. The molecule has 0 heterocycles. The summed E-state index contributed by atoms with van der Waals surface area (Å²) in [7, 11) is 3.84. The van der Waals surface area contributed by atoms with E-state index in [-0.39, 0.29) is 11.8 Å². The molecule has 0 bridgehead atoms. The van der Waals surface area contributed by atoms with Crippen molar-refractivity contribution >= 4 is 5.91 Å². The topological polar surface area (TPSA) is 32.3 Å². The molecular formula is C16H24N2O. The van der Waals surface area contributed by atoms with Crippen LogP contribution in [-0.4, -0.2) is 37.5 Å². The third-order valence-corrected chi connectivity index (χ3v) is 4.15. The predicted octanol–water partition coefficient (Wildman–Crippen LogP) is 1.86. The first-order valence-electron chi connectivity index (χ1n) is 7.11. The lowest BCUT2D eigenvalue weighted by atomic mass is 9.87. The number of likely N-dealkylation sites (N-methyl/N-ethyl adjacent to an activating group) is 1. The molecule has 1 aliphatic carbocycles. The molecule has 3 heteroatoms. The van der Waals surface area contributed by atoms with Crippen molar-refractivity contribution in [2.75, 3.05) is 20.6 Å². The van der Waals surface area contributed by atoms with E-state index in [1.807, 2.05) is 25.9 Å². The van der Waals surface area contributed by atoms with Crippen LogP contribution in [0.3, 0.4) is 0 Å². The summed E-state index contributed by atoms with van der Waals surface area (Å²) in [6.07, 6.45) is 3.15. The highest BCUT2D eigenvalue weighted by Crippen LogP contribution is 2.24. The Labute approximate surface area is 116 Å². The van der Waals surface area contributed by atoms with Gasteiger partial charge in [-0.1, -0.05) is 31.2 Å². The summed E-state index contributed by atoms with van der Waals surface area (Å²) in [4.78, 5) is 14.3. The average Bonchev–Trinajstić information content (AvgIpc) is 2.45. The van der Waals surface area contributed by atoms with Crippen LogP contribution in [0.5, 0.6) is 0 Å². The number of fused-ring (bicyclic) bond motifs is 1. The fourth-order valence-corrected chi connectivity index (χ4v) is 2.93. The first kappa shape index (κ1) is 14.1. The minimum absolute atomic E-state index is 0.0483. The Morgan fingerprint density at radius 2 is 2.11 bits per heavy atom. The lowest BCUT2D eigenvalue weighted by Crippen LogP contribution is -2.44. The SMILES string of the molecule is CNCC(C)C(=O)N(C)C1CCc2ccccc2C1. The van der Waals surface area contributed by atoms with Gasteiger partial charge < -0.3 is 10.2 Å². The number of carbonyl (C=O) groups is 1. The summed E-state index contributed by atoms with van der Waals surface area (Å²) in [5, 5.41) is 3.07. The zero-order valence-electron chi connectivity index (χ0n) is 12.1. The Bertz CT molecular complexity index is 444. The zero-order valence-corrected chi connectivity index (χ0v) is 12.1. The minimum Gasteiger partial charge on any atom is -0.342 e. The zero-order chi connectivity index (χ0) is 13.8. The number of rotatable bonds is 4. The molecule has 1 aromatic rings. The molecule has 0 fully saturated rings. The Hall–Kier alpha value is -1.35. The normalized spacial score (nSPS) is 19.6. The van der Waals surface area contributed by atoms with Crippen molar-refractivity contribution in [3.8, 4) is 0 Å². The van der Waals surface area contributed by atoms with E-state index in [0.29, 0.717) is 6.04 Å². The third-order valence-electron chi connectivity index (χ3n) is 4.15. The first-order chi connectivity index (χ1) is 9.13. The molecule has 1 aliphatic rings. The largest absolute Gasteiger partial charge is 0.342 e. The number of aryl methyl sites for hydroxylation is 1. The summed E-state index contributed by atoms with van der Waals surface area (Å²) in [5.74, 6) is 0.297. The molecule has 0 radical (unpaired) electrons. The van der Waals surface area contributed by atoms with Gasteiger partial charge in [0.15, 0.2) is 0 Å². The Kier molecular flexibility index (Phi) is 4.59. The molecule has 2 unspecified atom stereocenters. The van der Waals surface area contributed by atoms with Gasteiger partial charge in [-0.2, -0.15) is 0 Å². The molecule has 2 atom stereocenters. The number of benzene rings is 1. The van der Waals surface area contributed by atoms with E-state index in [1.54, 1.807) is 0 Å². The van der Waals surface area contributed by atoms with Crippen LogP contribution in [0.4, 0.5) is 0 Å². The maximum Gasteiger partial charge on any atom is 0.226 e. The van der Waals surface area contributed by atoms with Gasteiger partial charge in [0.05, 0.1) is 0 Å². The van der Waals surface area contributed by atoms with E-state index in [1.165, 1.54) is 11.1 Å². The number of nitrogens with one attached hydrogen (secondary N) is 1. The number of nitrogens with zero attached hydrogens (tertiary/aromatic N) is 1. The summed E-state index contributed by atoms with van der Waals surface area (Å²) >= 11 is 0. The van der Waals surface area contributed by atoms with Gasteiger partial charge in [0.2, 0.25) is 5.91 Å². The second-order valence-corrected chi connectivity index (χ2v) is 5.57. The molecule has 0 saturated carbocycles. The minimum atomic E-state index is 0.0483. The van der Waals surface area contributed by atoms with Gasteiger partial charge in [-0.25, -0.2) is 0 Å². The molecule has 0 aromatic heterocycles. The maximum atomic E-state index is 12.3. The van der Waals surface area contributed by atoms with Crippen molar-refractivity contribution in [2.24, 2.45) is 5.92 Å². The fraction of sp³-hybridized carbons (Fsp3) is 0.562. The molecule has 0 spiro atoms. The van der Waals surface area contributed by atoms with Crippen LogP contribution < -0.4 is 5.32 Å². The quantitative estimate of drug-likeness (QED) is 0.896. The van der Waals surface area contributed by atoms with Gasteiger partial charge in [0, 0.05) is 25.6 Å². The number of hydrogen-bond donors (Lipinski definition) is 1. The molecule has 19 heavy (non-hydrogen) atoms. The van der Waals surface area contributed by atoms with Crippen molar-refractivity contribution in [3.63, 3.8) is 0 Å². The van der Waals surface area contributed by atoms with Gasteiger partial charge in [-0.05, 0) is 37.4 Å². The van der Waals surface area contributed by atoms with E-state index in [9.17, 15) is 4.79 Å². The van der Waals surface area contributed by atoms with Gasteiger partial charge in [-0.3, -0.25) is 4.79 Å². The summed E-state index contributed by atoms with van der Waals surface area (Å²) in [6, 6.07) is 8.94. The monoisotopic (exact) mass is 260 g/mol. The maximum absolute atomic E-state index is 12.3. The van der Waals surface area contributed by atoms with E-state index in [2.05, 4.69) is 29.6 Å². The molecule has 1 amide bonds. The second kappa shape index (κ2) is 6.20. The van der Waals surface area contributed by atoms with Crippen LogP contribution in [0.15, 0.2) is 24.3 Å². The highest BCUT2D eigenvalue weighted by atomic mass is 16.2. The molecule has 104 valence electrons. The van der Waals surface area contributed by atoms with Crippen LogP contribution in [-0.2, 0) is 17.6 Å². The third kappa shape index (κ3) is 3.16. The summed E-state index contributed by atoms with van der Waals surface area (Å²) < 4.78 is 0. The van der Waals surface area contributed by atoms with Gasteiger partial charge in [-0.15, -0.1) is 0 Å². The molecule has 3 nitrogen and oxygen atoms in total. The van der Waals surface area contributed by atoms with Crippen molar-refractivity contribution in [1.82, 2.24) is 10.2 Å².